The van der Waals surface area contributed by atoms with Crippen LogP contribution >= 0.6 is 11.3 Å². The first kappa shape index (κ1) is 15.5. The molecule has 0 aliphatic carbocycles. The minimum absolute atomic E-state index is 0.00401. The molecule has 3 N–H and O–H groups in total. The van der Waals surface area contributed by atoms with Crippen molar-refractivity contribution in [1.82, 2.24) is 10.6 Å². The number of benzene rings is 1. The predicted octanol–water partition coefficient (Wildman–Crippen LogP) is 3.91. The second-order valence-electron chi connectivity index (χ2n) is 5.01. The highest BCUT2D eigenvalue weighted by Crippen LogP contribution is 2.18. The van der Waals surface area contributed by atoms with E-state index in [0.717, 1.165) is 16.8 Å². The molecule has 5 heteroatoms. The van der Waals surface area contributed by atoms with Crippen LogP contribution in [0.25, 0.3) is 0 Å². The fraction of sp³-hybridized carbons (Fsp3) is 0.312. The SMILES string of the molecule is CNC(C)c1cccc(NC(=O)NC(C)c2ccsc2)c1. The van der Waals surface area contributed by atoms with Crippen molar-refractivity contribution in [3.05, 3.63) is 52.2 Å². The van der Waals surface area contributed by atoms with Crippen LogP contribution in [0.5, 0.6) is 0 Å². The first-order valence-electron chi connectivity index (χ1n) is 6.97. The highest BCUT2D eigenvalue weighted by molar-refractivity contribution is 7.07. The monoisotopic (exact) mass is 303 g/mol. The molecule has 0 bridgehead atoms. The van der Waals surface area contributed by atoms with Crippen LogP contribution in [0.1, 0.15) is 37.1 Å². The number of carbonyl (C=O) groups is 1. The smallest absolute Gasteiger partial charge is 0.319 e. The van der Waals surface area contributed by atoms with Gasteiger partial charge in [-0.15, -0.1) is 0 Å². The fourth-order valence-electron chi connectivity index (χ4n) is 2.02. The van der Waals surface area contributed by atoms with E-state index >= 15 is 0 Å². The molecule has 0 spiro atoms. The second kappa shape index (κ2) is 7.24. The van der Waals surface area contributed by atoms with Gasteiger partial charge in [0.15, 0.2) is 0 Å². The van der Waals surface area contributed by atoms with Crippen LogP contribution in [0.15, 0.2) is 41.1 Å². The van der Waals surface area contributed by atoms with Gasteiger partial charge in [0.05, 0.1) is 6.04 Å². The zero-order valence-electron chi connectivity index (χ0n) is 12.5. The van der Waals surface area contributed by atoms with Crippen LogP contribution in [0.2, 0.25) is 0 Å². The summed E-state index contributed by atoms with van der Waals surface area (Å²) in [5, 5.41) is 13.0. The third kappa shape index (κ3) is 4.31. The normalized spacial score (nSPS) is 13.5. The summed E-state index contributed by atoms with van der Waals surface area (Å²) in [4.78, 5) is 12.0. The average molecular weight is 303 g/mol. The van der Waals surface area contributed by atoms with Gasteiger partial charge in [0.2, 0.25) is 0 Å². The molecule has 0 aliphatic rings. The Morgan fingerprint density at radius 2 is 1.95 bits per heavy atom. The molecule has 0 aliphatic heterocycles. The van der Waals surface area contributed by atoms with Gasteiger partial charge in [0.25, 0.3) is 0 Å². The summed E-state index contributed by atoms with van der Waals surface area (Å²) in [6.45, 7) is 4.05. The topological polar surface area (TPSA) is 53.2 Å². The maximum Gasteiger partial charge on any atom is 0.319 e. The first-order chi connectivity index (χ1) is 10.1. The number of hydrogen-bond donors (Lipinski definition) is 3. The molecule has 112 valence electrons. The Bertz CT molecular complexity index is 583. The van der Waals surface area contributed by atoms with E-state index in [9.17, 15) is 4.79 Å². The molecule has 0 radical (unpaired) electrons. The third-order valence-corrected chi connectivity index (χ3v) is 4.17. The van der Waals surface area contributed by atoms with E-state index < -0.39 is 0 Å². The Morgan fingerprint density at radius 3 is 2.62 bits per heavy atom. The number of amides is 2. The lowest BCUT2D eigenvalue weighted by molar-refractivity contribution is 0.249. The predicted molar refractivity (Wildman–Crippen MR) is 88.8 cm³/mol. The first-order valence-corrected chi connectivity index (χ1v) is 7.91. The number of nitrogens with one attached hydrogen (secondary N) is 3. The van der Waals surface area contributed by atoms with E-state index in [1.807, 2.05) is 55.1 Å². The molecule has 2 amide bonds. The molecule has 2 unspecified atom stereocenters. The summed E-state index contributed by atoms with van der Waals surface area (Å²) < 4.78 is 0. The molecule has 1 aromatic heterocycles. The number of carbonyl (C=O) groups excluding carboxylic acids is 1. The molecule has 2 rings (SSSR count). The van der Waals surface area contributed by atoms with Crippen LogP contribution in [-0.2, 0) is 0 Å². The number of rotatable bonds is 5. The number of hydrogen-bond acceptors (Lipinski definition) is 3. The lowest BCUT2D eigenvalue weighted by Crippen LogP contribution is -2.31. The standard InChI is InChI=1S/C16H21N3OS/c1-11(17-3)13-5-4-6-15(9-13)19-16(20)18-12(2)14-7-8-21-10-14/h4-12,17H,1-3H3,(H2,18,19,20). The van der Waals surface area contributed by atoms with Crippen molar-refractivity contribution in [1.29, 1.82) is 0 Å². The minimum atomic E-state index is -0.192. The number of urea groups is 1. The Balaban J connectivity index is 1.96. The van der Waals surface area contributed by atoms with Crippen molar-refractivity contribution in [3.63, 3.8) is 0 Å². The summed E-state index contributed by atoms with van der Waals surface area (Å²) in [5.41, 5.74) is 3.05. The summed E-state index contributed by atoms with van der Waals surface area (Å²) in [6, 6.07) is 9.93. The zero-order valence-corrected chi connectivity index (χ0v) is 13.3. The molecule has 0 saturated carbocycles. The van der Waals surface area contributed by atoms with Crippen molar-refractivity contribution < 1.29 is 4.79 Å². The van der Waals surface area contributed by atoms with E-state index in [0.29, 0.717) is 0 Å². The highest BCUT2D eigenvalue weighted by atomic mass is 32.1. The van der Waals surface area contributed by atoms with Gasteiger partial charge in [0.1, 0.15) is 0 Å². The molecule has 2 aromatic rings. The van der Waals surface area contributed by atoms with Gasteiger partial charge in [-0.05, 0) is 61.0 Å². The largest absolute Gasteiger partial charge is 0.331 e. The molecule has 1 aromatic carbocycles. The Morgan fingerprint density at radius 1 is 1.14 bits per heavy atom. The lowest BCUT2D eigenvalue weighted by atomic mass is 10.1. The molecule has 21 heavy (non-hydrogen) atoms. The van der Waals surface area contributed by atoms with Crippen LogP contribution in [0, 0.1) is 0 Å². The van der Waals surface area contributed by atoms with Crippen molar-refractivity contribution >= 4 is 23.1 Å². The van der Waals surface area contributed by atoms with Crippen molar-refractivity contribution in [2.45, 2.75) is 25.9 Å². The number of anilines is 1. The van der Waals surface area contributed by atoms with Gasteiger partial charge in [-0.25, -0.2) is 4.79 Å². The van der Waals surface area contributed by atoms with Gasteiger partial charge in [0, 0.05) is 11.7 Å². The van der Waals surface area contributed by atoms with Gasteiger partial charge in [-0.2, -0.15) is 11.3 Å². The minimum Gasteiger partial charge on any atom is -0.331 e. The van der Waals surface area contributed by atoms with Gasteiger partial charge >= 0.3 is 6.03 Å². The quantitative estimate of drug-likeness (QED) is 0.784. The second-order valence-corrected chi connectivity index (χ2v) is 5.79. The molecular formula is C16H21N3OS. The Hall–Kier alpha value is -1.85. The highest BCUT2D eigenvalue weighted by Gasteiger charge is 2.10. The lowest BCUT2D eigenvalue weighted by Gasteiger charge is -2.15. The molecule has 0 fully saturated rings. The molecule has 1 heterocycles. The van der Waals surface area contributed by atoms with E-state index in [1.54, 1.807) is 11.3 Å². The summed E-state index contributed by atoms with van der Waals surface area (Å²) in [5.74, 6) is 0. The van der Waals surface area contributed by atoms with Crippen molar-refractivity contribution in [2.75, 3.05) is 12.4 Å². The van der Waals surface area contributed by atoms with E-state index in [4.69, 9.17) is 0 Å². The van der Waals surface area contributed by atoms with Crippen LogP contribution in [0.3, 0.4) is 0 Å². The van der Waals surface area contributed by atoms with Gasteiger partial charge in [-0.1, -0.05) is 12.1 Å². The van der Waals surface area contributed by atoms with Gasteiger partial charge < -0.3 is 16.0 Å². The van der Waals surface area contributed by atoms with Crippen LogP contribution in [0.4, 0.5) is 10.5 Å². The average Bonchev–Trinajstić information content (AvgIpc) is 3.00. The zero-order chi connectivity index (χ0) is 15.2. The molecule has 4 nitrogen and oxygen atoms in total. The Labute approximate surface area is 129 Å². The molecular weight excluding hydrogens is 282 g/mol. The van der Waals surface area contributed by atoms with Crippen molar-refractivity contribution in [3.8, 4) is 0 Å². The van der Waals surface area contributed by atoms with Crippen LogP contribution < -0.4 is 16.0 Å². The summed E-state index contributed by atoms with van der Waals surface area (Å²) >= 11 is 1.63. The molecule has 0 saturated heterocycles. The maximum absolute atomic E-state index is 12.0. The fourth-order valence-corrected chi connectivity index (χ4v) is 2.78. The van der Waals surface area contributed by atoms with Crippen molar-refractivity contribution in [2.24, 2.45) is 0 Å². The maximum atomic E-state index is 12.0. The third-order valence-electron chi connectivity index (χ3n) is 3.47. The van der Waals surface area contributed by atoms with E-state index in [2.05, 4.69) is 22.9 Å². The Kier molecular flexibility index (Phi) is 5.36. The summed E-state index contributed by atoms with van der Waals surface area (Å²) in [7, 11) is 1.92. The van der Waals surface area contributed by atoms with Crippen LogP contribution in [-0.4, -0.2) is 13.1 Å². The van der Waals surface area contributed by atoms with Gasteiger partial charge in [-0.3, -0.25) is 0 Å². The summed E-state index contributed by atoms with van der Waals surface area (Å²) in [6.07, 6.45) is 0. The molecule has 2 atom stereocenters. The van der Waals surface area contributed by atoms with E-state index in [-0.39, 0.29) is 18.1 Å². The van der Waals surface area contributed by atoms with E-state index in [1.165, 1.54) is 0 Å². The number of thiophene rings is 1.